The SMILES string of the molecule is CN=C(NCCc1nc(C(F)(F)F)cs1)NCc1cc(C#N)ccc1F. The van der Waals surface area contributed by atoms with Crippen molar-refractivity contribution in [1.29, 1.82) is 5.26 Å². The second kappa shape index (κ2) is 8.62. The fraction of sp³-hybridized carbons (Fsp3) is 0.312. The van der Waals surface area contributed by atoms with Crippen molar-refractivity contribution in [2.24, 2.45) is 4.99 Å². The van der Waals surface area contributed by atoms with Crippen LogP contribution in [0.3, 0.4) is 0 Å². The third-order valence-electron chi connectivity index (χ3n) is 3.32. The Bertz CT molecular complexity index is 823. The second-order valence-corrected chi connectivity index (χ2v) is 6.09. The first kappa shape index (κ1) is 19.7. The Kier molecular flexibility index (Phi) is 6.52. The van der Waals surface area contributed by atoms with Crippen molar-refractivity contribution in [3.05, 3.63) is 51.2 Å². The minimum absolute atomic E-state index is 0.108. The van der Waals surface area contributed by atoms with Gasteiger partial charge in [-0.05, 0) is 18.2 Å². The van der Waals surface area contributed by atoms with Crippen molar-refractivity contribution in [2.45, 2.75) is 19.1 Å². The van der Waals surface area contributed by atoms with E-state index in [4.69, 9.17) is 5.26 Å². The first-order valence-corrected chi connectivity index (χ1v) is 8.36. The first-order valence-electron chi connectivity index (χ1n) is 7.48. The number of nitrogens with one attached hydrogen (secondary N) is 2. The number of hydrogen-bond acceptors (Lipinski definition) is 4. The number of halogens is 4. The summed E-state index contributed by atoms with van der Waals surface area (Å²) in [5.74, 6) is -0.0891. The molecule has 0 saturated heterocycles. The normalized spacial score (nSPS) is 11.9. The van der Waals surface area contributed by atoms with E-state index in [1.165, 1.54) is 25.2 Å². The molecule has 2 N–H and O–H groups in total. The van der Waals surface area contributed by atoms with Crippen molar-refractivity contribution >= 4 is 17.3 Å². The van der Waals surface area contributed by atoms with Crippen LogP contribution in [0.1, 0.15) is 21.8 Å². The molecule has 1 aromatic heterocycles. The van der Waals surface area contributed by atoms with E-state index in [0.29, 0.717) is 35.1 Å². The lowest BCUT2D eigenvalue weighted by atomic mass is 10.1. The minimum atomic E-state index is -4.44. The van der Waals surface area contributed by atoms with Crippen LogP contribution in [0.4, 0.5) is 17.6 Å². The topological polar surface area (TPSA) is 73.1 Å². The zero-order valence-corrected chi connectivity index (χ0v) is 14.5. The van der Waals surface area contributed by atoms with Gasteiger partial charge in [-0.25, -0.2) is 9.37 Å². The quantitative estimate of drug-likeness (QED) is 0.471. The molecule has 26 heavy (non-hydrogen) atoms. The molecular formula is C16H15F4N5S. The molecule has 0 fully saturated rings. The number of hydrogen-bond donors (Lipinski definition) is 2. The van der Waals surface area contributed by atoms with Crippen molar-refractivity contribution in [3.63, 3.8) is 0 Å². The Balaban J connectivity index is 1.85. The summed E-state index contributed by atoms with van der Waals surface area (Å²) in [4.78, 5) is 7.50. The lowest BCUT2D eigenvalue weighted by molar-refractivity contribution is -0.140. The van der Waals surface area contributed by atoms with Crippen LogP contribution in [-0.2, 0) is 19.1 Å². The average molecular weight is 385 g/mol. The summed E-state index contributed by atoms with van der Waals surface area (Å²) in [7, 11) is 1.52. The number of aromatic nitrogens is 1. The molecule has 0 unspecified atom stereocenters. The fourth-order valence-electron chi connectivity index (χ4n) is 2.02. The molecule has 138 valence electrons. The second-order valence-electron chi connectivity index (χ2n) is 5.14. The van der Waals surface area contributed by atoms with Gasteiger partial charge in [0.15, 0.2) is 11.7 Å². The number of guanidine groups is 1. The standard InChI is InChI=1S/C16H15F4N5S/c1-22-15(24-8-11-6-10(7-21)2-3-12(11)17)23-5-4-14-25-13(9-26-14)16(18,19)20/h2-3,6,9H,4-5,8H2,1H3,(H2,22,23,24). The molecule has 0 bridgehead atoms. The van der Waals surface area contributed by atoms with E-state index >= 15 is 0 Å². The van der Waals surface area contributed by atoms with E-state index in [1.807, 2.05) is 6.07 Å². The molecule has 0 aliphatic heterocycles. The van der Waals surface area contributed by atoms with Crippen LogP contribution >= 0.6 is 11.3 Å². The lowest BCUT2D eigenvalue weighted by Crippen LogP contribution is -2.38. The Morgan fingerprint density at radius 2 is 2.12 bits per heavy atom. The number of thiazole rings is 1. The zero-order valence-electron chi connectivity index (χ0n) is 13.7. The van der Waals surface area contributed by atoms with Gasteiger partial charge in [0.05, 0.1) is 16.6 Å². The van der Waals surface area contributed by atoms with E-state index in [0.717, 1.165) is 16.7 Å². The number of rotatable bonds is 5. The molecule has 0 atom stereocenters. The van der Waals surface area contributed by atoms with Gasteiger partial charge in [0.25, 0.3) is 0 Å². The fourth-order valence-corrected chi connectivity index (χ4v) is 2.83. The monoisotopic (exact) mass is 385 g/mol. The largest absolute Gasteiger partial charge is 0.434 e. The molecule has 0 aliphatic carbocycles. The van der Waals surface area contributed by atoms with Crippen molar-refractivity contribution in [1.82, 2.24) is 15.6 Å². The maximum atomic E-state index is 13.7. The van der Waals surface area contributed by atoms with E-state index in [2.05, 4.69) is 20.6 Å². The summed E-state index contributed by atoms with van der Waals surface area (Å²) in [5, 5.41) is 16.0. The molecule has 0 spiro atoms. The van der Waals surface area contributed by atoms with E-state index in [9.17, 15) is 17.6 Å². The van der Waals surface area contributed by atoms with Gasteiger partial charge in [-0.1, -0.05) is 0 Å². The predicted molar refractivity (Wildman–Crippen MR) is 90.1 cm³/mol. The highest BCUT2D eigenvalue weighted by molar-refractivity contribution is 7.09. The maximum Gasteiger partial charge on any atom is 0.434 e. The van der Waals surface area contributed by atoms with Gasteiger partial charge in [0, 0.05) is 37.5 Å². The summed E-state index contributed by atoms with van der Waals surface area (Å²) in [6, 6.07) is 5.97. The maximum absolute atomic E-state index is 13.7. The van der Waals surface area contributed by atoms with Crippen LogP contribution < -0.4 is 10.6 Å². The minimum Gasteiger partial charge on any atom is -0.356 e. The molecule has 5 nitrogen and oxygen atoms in total. The first-order chi connectivity index (χ1) is 12.3. The third kappa shape index (κ3) is 5.42. The summed E-state index contributed by atoms with van der Waals surface area (Å²) < 4.78 is 51.2. The number of benzene rings is 1. The average Bonchev–Trinajstić information content (AvgIpc) is 3.08. The van der Waals surface area contributed by atoms with Crippen molar-refractivity contribution in [3.8, 4) is 6.07 Å². The van der Waals surface area contributed by atoms with Crippen LogP contribution in [0.5, 0.6) is 0 Å². The summed E-state index contributed by atoms with van der Waals surface area (Å²) in [6.45, 7) is 0.418. The Labute approximate surface area is 151 Å². The molecule has 2 aromatic rings. The van der Waals surface area contributed by atoms with Gasteiger partial charge in [0.1, 0.15) is 5.82 Å². The third-order valence-corrected chi connectivity index (χ3v) is 4.23. The molecule has 10 heteroatoms. The predicted octanol–water partition coefficient (Wildman–Crippen LogP) is 3.08. The van der Waals surface area contributed by atoms with Crippen LogP contribution in [0.15, 0.2) is 28.6 Å². The Morgan fingerprint density at radius 3 is 2.73 bits per heavy atom. The van der Waals surface area contributed by atoms with Gasteiger partial charge in [0.2, 0.25) is 0 Å². The molecule has 0 amide bonds. The summed E-state index contributed by atoms with van der Waals surface area (Å²) in [5.41, 5.74) is -0.245. The molecule has 0 saturated carbocycles. The molecular weight excluding hydrogens is 370 g/mol. The van der Waals surface area contributed by atoms with Crippen LogP contribution in [0.25, 0.3) is 0 Å². The van der Waals surface area contributed by atoms with Crippen LogP contribution in [0, 0.1) is 17.1 Å². The smallest absolute Gasteiger partial charge is 0.356 e. The summed E-state index contributed by atoms with van der Waals surface area (Å²) >= 11 is 0.940. The van der Waals surface area contributed by atoms with Crippen LogP contribution in [0.2, 0.25) is 0 Å². The number of nitrogens with zero attached hydrogens (tertiary/aromatic N) is 3. The Hall–Kier alpha value is -2.67. The molecule has 0 radical (unpaired) electrons. The molecule has 2 rings (SSSR count). The molecule has 0 aliphatic rings. The molecule has 1 aromatic carbocycles. The van der Waals surface area contributed by atoms with E-state index in [1.54, 1.807) is 0 Å². The van der Waals surface area contributed by atoms with Crippen molar-refractivity contribution < 1.29 is 17.6 Å². The van der Waals surface area contributed by atoms with E-state index < -0.39 is 17.7 Å². The lowest BCUT2D eigenvalue weighted by Gasteiger charge is -2.12. The number of nitriles is 1. The van der Waals surface area contributed by atoms with Crippen LogP contribution in [-0.4, -0.2) is 24.5 Å². The van der Waals surface area contributed by atoms with Gasteiger partial charge in [-0.3, -0.25) is 4.99 Å². The van der Waals surface area contributed by atoms with Gasteiger partial charge < -0.3 is 10.6 Å². The zero-order chi connectivity index (χ0) is 19.2. The van der Waals surface area contributed by atoms with Gasteiger partial charge in [-0.15, -0.1) is 11.3 Å². The van der Waals surface area contributed by atoms with Crippen molar-refractivity contribution in [2.75, 3.05) is 13.6 Å². The van der Waals surface area contributed by atoms with Gasteiger partial charge >= 0.3 is 6.18 Å². The highest BCUT2D eigenvalue weighted by Gasteiger charge is 2.33. The van der Waals surface area contributed by atoms with E-state index in [-0.39, 0.29) is 6.54 Å². The highest BCUT2D eigenvalue weighted by Crippen LogP contribution is 2.29. The highest BCUT2D eigenvalue weighted by atomic mass is 32.1. The number of alkyl halides is 3. The molecule has 1 heterocycles. The Morgan fingerprint density at radius 1 is 1.35 bits per heavy atom. The summed E-state index contributed by atoms with van der Waals surface area (Å²) in [6.07, 6.45) is -4.15. The number of aliphatic imine (C=N–C) groups is 1. The van der Waals surface area contributed by atoms with Gasteiger partial charge in [-0.2, -0.15) is 18.4 Å².